The van der Waals surface area contributed by atoms with Gasteiger partial charge < -0.3 is 20.7 Å². The summed E-state index contributed by atoms with van der Waals surface area (Å²) in [5.74, 6) is 2.13. The molecule has 1 aliphatic heterocycles. The van der Waals surface area contributed by atoms with Crippen LogP contribution in [0.3, 0.4) is 0 Å². The molecule has 0 unspecified atom stereocenters. The molecule has 1 aliphatic rings. The molecule has 1 saturated heterocycles. The monoisotopic (exact) mass is 318 g/mol. The van der Waals surface area contributed by atoms with Crippen LogP contribution < -0.4 is 15.8 Å². The summed E-state index contributed by atoms with van der Waals surface area (Å²) >= 11 is 0. The van der Waals surface area contributed by atoms with E-state index in [-0.39, 0.29) is 6.10 Å². The fourth-order valence-electron chi connectivity index (χ4n) is 2.79. The van der Waals surface area contributed by atoms with Crippen LogP contribution in [0.25, 0.3) is 0 Å². The van der Waals surface area contributed by atoms with Gasteiger partial charge in [-0.05, 0) is 83.4 Å². The Hall–Kier alpha value is -1.75. The highest BCUT2D eigenvalue weighted by Crippen LogP contribution is 2.19. The first-order chi connectivity index (χ1) is 11.0. The number of rotatable bonds is 6. The van der Waals surface area contributed by atoms with Crippen LogP contribution >= 0.6 is 0 Å². The number of nitrogens with two attached hydrogens (primary N) is 1. The molecule has 1 aromatic rings. The molecule has 5 heteroatoms. The number of guanidine groups is 1. The highest BCUT2D eigenvalue weighted by molar-refractivity contribution is 5.92. The lowest BCUT2D eigenvalue weighted by atomic mass is 9.94. The average molecular weight is 318 g/mol. The first-order valence-electron chi connectivity index (χ1n) is 8.55. The fraction of sp³-hybridized carbons (Fsp3) is 0.611. The van der Waals surface area contributed by atoms with E-state index in [1.54, 1.807) is 0 Å². The highest BCUT2D eigenvalue weighted by Gasteiger charge is 2.15. The number of aliphatic imine (C=N–C) groups is 1. The molecular formula is C18H30N4O. The Morgan fingerprint density at radius 1 is 1.30 bits per heavy atom. The highest BCUT2D eigenvalue weighted by atomic mass is 16.5. The van der Waals surface area contributed by atoms with Gasteiger partial charge in [-0.1, -0.05) is 0 Å². The fourth-order valence-corrected chi connectivity index (χ4v) is 2.79. The molecule has 0 aliphatic carbocycles. The second-order valence-corrected chi connectivity index (χ2v) is 6.62. The molecule has 1 fully saturated rings. The van der Waals surface area contributed by atoms with Crippen LogP contribution in [0.4, 0.5) is 5.69 Å². The minimum absolute atomic E-state index is 0.181. The molecule has 0 aromatic heterocycles. The molecule has 3 N–H and O–H groups in total. The normalized spacial score (nSPS) is 17.5. The first kappa shape index (κ1) is 17.6. The summed E-state index contributed by atoms with van der Waals surface area (Å²) in [7, 11) is 2.19. The number of nitrogens with one attached hydrogen (secondary N) is 1. The third-order valence-corrected chi connectivity index (χ3v) is 4.16. The average Bonchev–Trinajstić information content (AvgIpc) is 2.51. The van der Waals surface area contributed by atoms with Crippen LogP contribution in [0.1, 0.15) is 33.1 Å². The van der Waals surface area contributed by atoms with Gasteiger partial charge in [-0.25, -0.2) is 0 Å². The van der Waals surface area contributed by atoms with E-state index in [1.807, 2.05) is 38.1 Å². The molecule has 5 nitrogen and oxygen atoms in total. The lowest BCUT2D eigenvalue weighted by Gasteiger charge is -2.28. The molecule has 1 heterocycles. The molecule has 0 radical (unpaired) electrons. The Bertz CT molecular complexity index is 490. The maximum atomic E-state index is 5.96. The van der Waals surface area contributed by atoms with Crippen LogP contribution in [-0.4, -0.2) is 43.6 Å². The summed E-state index contributed by atoms with van der Waals surface area (Å²) in [5, 5.41) is 3.13. The van der Waals surface area contributed by atoms with E-state index in [0.29, 0.717) is 5.96 Å². The number of piperidine rings is 1. The van der Waals surface area contributed by atoms with Crippen LogP contribution in [-0.2, 0) is 0 Å². The van der Waals surface area contributed by atoms with E-state index >= 15 is 0 Å². The van der Waals surface area contributed by atoms with Crippen molar-refractivity contribution in [2.45, 2.75) is 39.2 Å². The molecule has 0 saturated carbocycles. The number of benzene rings is 1. The first-order valence-corrected chi connectivity index (χ1v) is 8.55. The van der Waals surface area contributed by atoms with E-state index < -0.39 is 0 Å². The van der Waals surface area contributed by atoms with Gasteiger partial charge in [-0.3, -0.25) is 4.99 Å². The minimum Gasteiger partial charge on any atom is -0.491 e. The number of ether oxygens (including phenoxy) is 1. The number of anilines is 1. The zero-order chi connectivity index (χ0) is 16.7. The Morgan fingerprint density at radius 2 is 1.96 bits per heavy atom. The van der Waals surface area contributed by atoms with Crippen molar-refractivity contribution < 1.29 is 4.74 Å². The maximum Gasteiger partial charge on any atom is 0.193 e. The standard InChI is InChI=1S/C18H30N4O/c1-14(2)23-17-6-4-16(5-7-17)21-18(19)20-11-8-15-9-12-22(3)13-10-15/h4-7,14-15H,8-13H2,1-3H3,(H3,19,20,21). The van der Waals surface area contributed by atoms with Gasteiger partial charge in [-0.2, -0.15) is 0 Å². The van der Waals surface area contributed by atoms with Gasteiger partial charge in [0.15, 0.2) is 5.96 Å². The summed E-state index contributed by atoms with van der Waals surface area (Å²) in [5.41, 5.74) is 6.89. The Labute approximate surface area is 139 Å². The topological polar surface area (TPSA) is 62.9 Å². The predicted octanol–water partition coefficient (Wildman–Crippen LogP) is 2.93. The molecule has 128 valence electrons. The third kappa shape index (κ3) is 6.48. The van der Waals surface area contributed by atoms with Crippen molar-refractivity contribution in [3.05, 3.63) is 24.3 Å². The molecule has 0 amide bonds. The largest absolute Gasteiger partial charge is 0.491 e. The molecule has 23 heavy (non-hydrogen) atoms. The van der Waals surface area contributed by atoms with E-state index in [1.165, 1.54) is 25.9 Å². The van der Waals surface area contributed by atoms with Crippen molar-refractivity contribution in [2.75, 3.05) is 32.0 Å². The van der Waals surface area contributed by atoms with Gasteiger partial charge in [-0.15, -0.1) is 0 Å². The Morgan fingerprint density at radius 3 is 2.57 bits per heavy atom. The minimum atomic E-state index is 0.181. The van der Waals surface area contributed by atoms with Gasteiger partial charge in [0.05, 0.1) is 6.10 Å². The number of hydrogen-bond donors (Lipinski definition) is 2. The molecule has 0 bridgehead atoms. The van der Waals surface area contributed by atoms with Crippen molar-refractivity contribution in [3.8, 4) is 5.75 Å². The maximum absolute atomic E-state index is 5.96. The third-order valence-electron chi connectivity index (χ3n) is 4.16. The van der Waals surface area contributed by atoms with Crippen molar-refractivity contribution >= 4 is 11.6 Å². The Balaban J connectivity index is 1.73. The van der Waals surface area contributed by atoms with Gasteiger partial charge in [0, 0.05) is 12.2 Å². The number of likely N-dealkylation sites (tertiary alicyclic amines) is 1. The summed E-state index contributed by atoms with van der Waals surface area (Å²) in [4.78, 5) is 6.83. The van der Waals surface area contributed by atoms with E-state index in [2.05, 4.69) is 22.3 Å². The quantitative estimate of drug-likeness (QED) is 0.625. The van der Waals surface area contributed by atoms with Gasteiger partial charge >= 0.3 is 0 Å². The summed E-state index contributed by atoms with van der Waals surface area (Å²) in [6.07, 6.45) is 3.85. The van der Waals surface area contributed by atoms with Crippen molar-refractivity contribution in [1.82, 2.24) is 4.90 Å². The Kier molecular flexibility index (Phi) is 6.71. The van der Waals surface area contributed by atoms with Crippen LogP contribution in [0.15, 0.2) is 29.3 Å². The zero-order valence-electron chi connectivity index (χ0n) is 14.6. The predicted molar refractivity (Wildman–Crippen MR) is 97.2 cm³/mol. The number of nitrogens with zero attached hydrogens (tertiary/aromatic N) is 2. The lowest BCUT2D eigenvalue weighted by Crippen LogP contribution is -2.30. The van der Waals surface area contributed by atoms with E-state index in [9.17, 15) is 0 Å². The van der Waals surface area contributed by atoms with Gasteiger partial charge in [0.25, 0.3) is 0 Å². The second kappa shape index (κ2) is 8.77. The zero-order valence-corrected chi connectivity index (χ0v) is 14.6. The molecule has 0 atom stereocenters. The second-order valence-electron chi connectivity index (χ2n) is 6.62. The van der Waals surface area contributed by atoms with Crippen molar-refractivity contribution in [3.63, 3.8) is 0 Å². The summed E-state index contributed by atoms with van der Waals surface area (Å²) in [6, 6.07) is 7.79. The summed E-state index contributed by atoms with van der Waals surface area (Å²) < 4.78 is 5.62. The van der Waals surface area contributed by atoms with Crippen molar-refractivity contribution in [1.29, 1.82) is 0 Å². The van der Waals surface area contributed by atoms with Crippen LogP contribution in [0, 0.1) is 5.92 Å². The van der Waals surface area contributed by atoms with Crippen LogP contribution in [0.5, 0.6) is 5.75 Å². The number of hydrogen-bond acceptors (Lipinski definition) is 3. The van der Waals surface area contributed by atoms with Crippen LogP contribution in [0.2, 0.25) is 0 Å². The van der Waals surface area contributed by atoms with E-state index in [0.717, 1.165) is 30.3 Å². The van der Waals surface area contributed by atoms with E-state index in [4.69, 9.17) is 10.5 Å². The smallest absolute Gasteiger partial charge is 0.193 e. The van der Waals surface area contributed by atoms with Gasteiger partial charge in [0.1, 0.15) is 5.75 Å². The van der Waals surface area contributed by atoms with Gasteiger partial charge in [0.2, 0.25) is 0 Å². The SMILES string of the molecule is CC(C)Oc1ccc(NC(N)=NCCC2CCN(C)CC2)cc1. The molecule has 1 aromatic carbocycles. The molecule has 2 rings (SSSR count). The molecule has 0 spiro atoms. The van der Waals surface area contributed by atoms with Crippen molar-refractivity contribution in [2.24, 2.45) is 16.6 Å². The lowest BCUT2D eigenvalue weighted by molar-refractivity contribution is 0.214. The summed E-state index contributed by atoms with van der Waals surface area (Å²) in [6.45, 7) is 7.23. The molecular weight excluding hydrogens is 288 g/mol.